The maximum Gasteiger partial charge on any atom is 0.136 e. The van der Waals surface area contributed by atoms with E-state index in [4.69, 9.17) is 0 Å². The number of rotatable bonds is 3. The van der Waals surface area contributed by atoms with Gasteiger partial charge in [-0.05, 0) is 31.4 Å². The van der Waals surface area contributed by atoms with Gasteiger partial charge in [-0.2, -0.15) is 0 Å². The van der Waals surface area contributed by atoms with Crippen LogP contribution in [0.4, 0.5) is 0 Å². The van der Waals surface area contributed by atoms with Crippen LogP contribution in [0.1, 0.15) is 37.1 Å². The highest BCUT2D eigenvalue weighted by atomic mass is 16.3. The van der Waals surface area contributed by atoms with Crippen LogP contribution in [0.3, 0.4) is 0 Å². The molecule has 106 valence electrons. The Morgan fingerprint density at radius 2 is 2.05 bits per heavy atom. The van der Waals surface area contributed by atoms with Crippen LogP contribution >= 0.6 is 0 Å². The van der Waals surface area contributed by atoms with Gasteiger partial charge < -0.3 is 9.67 Å². The second kappa shape index (κ2) is 5.27. The third-order valence-electron chi connectivity index (χ3n) is 4.32. The van der Waals surface area contributed by atoms with Crippen LogP contribution in [0.25, 0.3) is 11.4 Å². The van der Waals surface area contributed by atoms with E-state index in [-0.39, 0.29) is 5.75 Å². The van der Waals surface area contributed by atoms with Crippen molar-refractivity contribution in [3.05, 3.63) is 29.8 Å². The highest BCUT2D eigenvalue weighted by molar-refractivity contribution is 5.58. The third kappa shape index (κ3) is 2.42. The number of hydrogen-bond acceptors (Lipinski definition) is 3. The topological polar surface area (TPSA) is 50.9 Å². The lowest BCUT2D eigenvalue weighted by Gasteiger charge is -2.11. The molecule has 0 saturated heterocycles. The van der Waals surface area contributed by atoms with Crippen molar-refractivity contribution in [2.75, 3.05) is 0 Å². The van der Waals surface area contributed by atoms with Crippen molar-refractivity contribution in [1.82, 2.24) is 14.5 Å². The van der Waals surface area contributed by atoms with E-state index < -0.39 is 0 Å². The molecule has 1 fully saturated rings. The van der Waals surface area contributed by atoms with Crippen LogP contribution in [0.2, 0.25) is 0 Å². The average molecular weight is 271 g/mol. The highest BCUT2D eigenvalue weighted by Crippen LogP contribution is 2.31. The molecular weight excluding hydrogens is 250 g/mol. The van der Waals surface area contributed by atoms with Gasteiger partial charge in [-0.25, -0.2) is 9.97 Å². The minimum Gasteiger partial charge on any atom is -0.506 e. The summed E-state index contributed by atoms with van der Waals surface area (Å²) in [6, 6.07) is 3.55. The minimum absolute atomic E-state index is 0.238. The molecule has 1 aliphatic carbocycles. The summed E-state index contributed by atoms with van der Waals surface area (Å²) in [7, 11) is 2.05. The predicted molar refractivity (Wildman–Crippen MR) is 78.5 cm³/mol. The fourth-order valence-electron chi connectivity index (χ4n) is 3.08. The third-order valence-corrected chi connectivity index (χ3v) is 4.32. The molecule has 0 radical (unpaired) electrons. The molecule has 1 saturated carbocycles. The van der Waals surface area contributed by atoms with Gasteiger partial charge >= 0.3 is 0 Å². The molecule has 2 aromatic rings. The van der Waals surface area contributed by atoms with Crippen molar-refractivity contribution in [3.8, 4) is 17.1 Å². The summed E-state index contributed by atoms with van der Waals surface area (Å²) in [5, 5.41) is 9.61. The van der Waals surface area contributed by atoms with Crippen LogP contribution in [0, 0.1) is 12.8 Å². The molecule has 1 aliphatic rings. The molecule has 2 aromatic heterocycles. The Labute approximate surface area is 119 Å². The van der Waals surface area contributed by atoms with Crippen LogP contribution in [0.5, 0.6) is 5.75 Å². The Morgan fingerprint density at radius 3 is 2.75 bits per heavy atom. The monoisotopic (exact) mass is 271 g/mol. The first-order valence-electron chi connectivity index (χ1n) is 7.32. The molecule has 20 heavy (non-hydrogen) atoms. The van der Waals surface area contributed by atoms with Crippen molar-refractivity contribution in [2.24, 2.45) is 13.0 Å². The predicted octanol–water partition coefficient (Wildman–Crippen LogP) is 3.23. The van der Waals surface area contributed by atoms with Crippen molar-refractivity contribution >= 4 is 0 Å². The summed E-state index contributed by atoms with van der Waals surface area (Å²) in [6.07, 6.45) is 8.30. The molecule has 3 rings (SSSR count). The minimum atomic E-state index is 0.238. The summed E-state index contributed by atoms with van der Waals surface area (Å²) in [5.74, 6) is 1.02. The first-order valence-corrected chi connectivity index (χ1v) is 7.32. The normalized spacial score (nSPS) is 15.9. The van der Waals surface area contributed by atoms with Gasteiger partial charge in [0.05, 0.1) is 17.7 Å². The van der Waals surface area contributed by atoms with Gasteiger partial charge in [-0.3, -0.25) is 0 Å². The maximum atomic E-state index is 9.61. The Hall–Kier alpha value is -1.84. The molecule has 4 heteroatoms. The van der Waals surface area contributed by atoms with E-state index in [0.29, 0.717) is 5.69 Å². The van der Waals surface area contributed by atoms with Crippen LogP contribution in [0.15, 0.2) is 18.5 Å². The lowest BCUT2D eigenvalue weighted by atomic mass is 9.99. The summed E-state index contributed by atoms with van der Waals surface area (Å²) in [4.78, 5) is 8.98. The van der Waals surface area contributed by atoms with E-state index in [9.17, 15) is 5.11 Å². The zero-order chi connectivity index (χ0) is 14.1. The summed E-state index contributed by atoms with van der Waals surface area (Å²) in [6.45, 7) is 1.82. The van der Waals surface area contributed by atoms with Gasteiger partial charge in [0.2, 0.25) is 0 Å². The van der Waals surface area contributed by atoms with Gasteiger partial charge in [-0.15, -0.1) is 0 Å². The van der Waals surface area contributed by atoms with Gasteiger partial charge in [0, 0.05) is 12.7 Å². The fourth-order valence-corrected chi connectivity index (χ4v) is 3.08. The lowest BCUT2D eigenvalue weighted by Crippen LogP contribution is -2.05. The van der Waals surface area contributed by atoms with Crippen molar-refractivity contribution in [2.45, 2.75) is 39.0 Å². The van der Waals surface area contributed by atoms with Gasteiger partial charge in [-0.1, -0.05) is 25.7 Å². The number of hydrogen-bond donors (Lipinski definition) is 1. The summed E-state index contributed by atoms with van der Waals surface area (Å²) < 4.78 is 2.11. The maximum absolute atomic E-state index is 9.61. The van der Waals surface area contributed by atoms with Gasteiger partial charge in [0.1, 0.15) is 11.4 Å². The first-order chi connectivity index (χ1) is 9.65. The SMILES string of the molecule is Cc1nc(-c2ncn(C)c2CC2CCCC2)ccc1O. The van der Waals surface area contributed by atoms with Crippen LogP contribution in [-0.4, -0.2) is 19.6 Å². The lowest BCUT2D eigenvalue weighted by molar-refractivity contribution is 0.468. The number of aromatic nitrogens is 3. The molecule has 0 bridgehead atoms. The first kappa shape index (κ1) is 13.2. The zero-order valence-corrected chi connectivity index (χ0v) is 12.1. The largest absolute Gasteiger partial charge is 0.506 e. The number of imidazole rings is 1. The molecule has 0 atom stereocenters. The van der Waals surface area contributed by atoms with Crippen molar-refractivity contribution in [3.63, 3.8) is 0 Å². The van der Waals surface area contributed by atoms with Gasteiger partial charge in [0.25, 0.3) is 0 Å². The summed E-state index contributed by atoms with van der Waals surface area (Å²) >= 11 is 0. The standard InChI is InChI=1S/C16H21N3O/c1-11-15(20)8-7-13(18-11)16-14(19(2)10-17-16)9-12-5-3-4-6-12/h7-8,10,12,20H,3-6,9H2,1-2H3. The molecule has 4 nitrogen and oxygen atoms in total. The Morgan fingerprint density at radius 1 is 1.30 bits per heavy atom. The molecule has 2 heterocycles. The molecule has 0 spiro atoms. The van der Waals surface area contributed by atoms with E-state index in [2.05, 4.69) is 14.5 Å². The average Bonchev–Trinajstić information content (AvgIpc) is 3.05. The zero-order valence-electron chi connectivity index (χ0n) is 12.1. The second-order valence-corrected chi connectivity index (χ2v) is 5.81. The van der Waals surface area contributed by atoms with Crippen molar-refractivity contribution in [1.29, 1.82) is 0 Å². The Bertz CT molecular complexity index is 612. The molecule has 0 amide bonds. The summed E-state index contributed by atoms with van der Waals surface area (Å²) in [5.41, 5.74) is 3.73. The second-order valence-electron chi connectivity index (χ2n) is 5.81. The Kier molecular flexibility index (Phi) is 3.47. The smallest absolute Gasteiger partial charge is 0.136 e. The molecule has 0 aromatic carbocycles. The van der Waals surface area contributed by atoms with Crippen molar-refractivity contribution < 1.29 is 5.11 Å². The van der Waals surface area contributed by atoms with E-state index in [1.807, 2.05) is 26.4 Å². The van der Waals surface area contributed by atoms with Gasteiger partial charge in [0.15, 0.2) is 0 Å². The van der Waals surface area contributed by atoms with Crippen LogP contribution < -0.4 is 0 Å². The van der Waals surface area contributed by atoms with E-state index in [1.54, 1.807) is 6.07 Å². The molecule has 0 unspecified atom stereocenters. The number of pyridine rings is 1. The molecule has 0 aliphatic heterocycles. The number of aryl methyl sites for hydroxylation is 2. The highest BCUT2D eigenvalue weighted by Gasteiger charge is 2.20. The van der Waals surface area contributed by atoms with E-state index in [1.165, 1.54) is 31.4 Å². The van der Waals surface area contributed by atoms with Crippen LogP contribution in [-0.2, 0) is 13.5 Å². The molecular formula is C16H21N3O. The van der Waals surface area contributed by atoms with E-state index >= 15 is 0 Å². The number of nitrogens with zero attached hydrogens (tertiary/aromatic N) is 3. The fraction of sp³-hybridized carbons (Fsp3) is 0.500. The van der Waals surface area contributed by atoms with E-state index in [0.717, 1.165) is 23.7 Å². The molecule has 1 N–H and O–H groups in total. The Balaban J connectivity index is 1.94. The number of aromatic hydroxyl groups is 1. The quantitative estimate of drug-likeness (QED) is 0.932.